The van der Waals surface area contributed by atoms with Crippen LogP contribution in [0.4, 0.5) is 0 Å². The van der Waals surface area contributed by atoms with Gasteiger partial charge in [0.15, 0.2) is 5.90 Å². The molecule has 80 valence electrons. The standard InChI is InChI=1S/C13H17NO/c1-15-12(14)13(9-5-6-10-13)11-7-3-2-4-8-11/h2-4,7-8,14H,5-6,9-10H2,1H3. The van der Waals surface area contributed by atoms with Gasteiger partial charge in [-0.25, -0.2) is 0 Å². The van der Waals surface area contributed by atoms with Crippen LogP contribution in [-0.2, 0) is 10.2 Å². The number of ether oxygens (including phenoxy) is 1. The molecule has 0 heterocycles. The normalized spacial score (nSPS) is 18.7. The van der Waals surface area contributed by atoms with E-state index < -0.39 is 0 Å². The lowest BCUT2D eigenvalue weighted by atomic mass is 9.78. The van der Waals surface area contributed by atoms with E-state index in [1.54, 1.807) is 7.11 Å². The molecule has 1 N–H and O–H groups in total. The Balaban J connectivity index is 2.39. The first-order chi connectivity index (χ1) is 7.29. The van der Waals surface area contributed by atoms with Crippen LogP contribution in [0.25, 0.3) is 0 Å². The Morgan fingerprint density at radius 1 is 1.20 bits per heavy atom. The molecule has 1 saturated carbocycles. The first-order valence-electron chi connectivity index (χ1n) is 5.48. The summed E-state index contributed by atoms with van der Waals surface area (Å²) in [6, 6.07) is 10.3. The second-order valence-corrected chi connectivity index (χ2v) is 4.19. The smallest absolute Gasteiger partial charge is 0.191 e. The fourth-order valence-corrected chi connectivity index (χ4v) is 2.58. The fraction of sp³-hybridized carbons (Fsp3) is 0.462. The van der Waals surface area contributed by atoms with Crippen molar-refractivity contribution in [1.29, 1.82) is 5.41 Å². The molecule has 0 saturated heterocycles. The predicted octanol–water partition coefficient (Wildman–Crippen LogP) is 3.12. The zero-order valence-electron chi connectivity index (χ0n) is 9.12. The Bertz CT molecular complexity index is 339. The lowest BCUT2D eigenvalue weighted by Gasteiger charge is -2.28. The summed E-state index contributed by atoms with van der Waals surface area (Å²) in [6.07, 6.45) is 4.48. The van der Waals surface area contributed by atoms with Gasteiger partial charge in [0.05, 0.1) is 12.5 Å². The van der Waals surface area contributed by atoms with Gasteiger partial charge in [-0.05, 0) is 18.4 Å². The summed E-state index contributed by atoms with van der Waals surface area (Å²) in [6.45, 7) is 0. The maximum atomic E-state index is 8.00. The highest BCUT2D eigenvalue weighted by atomic mass is 16.5. The van der Waals surface area contributed by atoms with E-state index >= 15 is 0 Å². The summed E-state index contributed by atoms with van der Waals surface area (Å²) in [5, 5.41) is 8.00. The molecule has 0 unspecified atom stereocenters. The van der Waals surface area contributed by atoms with Crippen molar-refractivity contribution in [2.45, 2.75) is 31.1 Å². The van der Waals surface area contributed by atoms with Crippen LogP contribution in [0.3, 0.4) is 0 Å². The molecule has 0 radical (unpaired) electrons. The highest BCUT2D eigenvalue weighted by Crippen LogP contribution is 2.42. The van der Waals surface area contributed by atoms with E-state index in [9.17, 15) is 0 Å². The second-order valence-electron chi connectivity index (χ2n) is 4.19. The number of hydrogen-bond donors (Lipinski definition) is 1. The lowest BCUT2D eigenvalue weighted by molar-refractivity contribution is 0.341. The molecular weight excluding hydrogens is 186 g/mol. The third-order valence-corrected chi connectivity index (χ3v) is 3.42. The van der Waals surface area contributed by atoms with E-state index in [1.807, 2.05) is 18.2 Å². The number of rotatable bonds is 2. The molecule has 1 aromatic carbocycles. The Kier molecular flexibility index (Phi) is 2.76. The van der Waals surface area contributed by atoms with Crippen molar-refractivity contribution in [3.05, 3.63) is 35.9 Å². The van der Waals surface area contributed by atoms with E-state index in [2.05, 4.69) is 12.1 Å². The average Bonchev–Trinajstić information content (AvgIpc) is 2.79. The molecule has 15 heavy (non-hydrogen) atoms. The monoisotopic (exact) mass is 203 g/mol. The molecule has 1 aromatic rings. The van der Waals surface area contributed by atoms with E-state index in [0.29, 0.717) is 5.90 Å². The Morgan fingerprint density at radius 2 is 1.80 bits per heavy atom. The number of hydrogen-bond acceptors (Lipinski definition) is 2. The van der Waals surface area contributed by atoms with Crippen molar-refractivity contribution in [3.8, 4) is 0 Å². The molecule has 2 nitrogen and oxygen atoms in total. The fourth-order valence-electron chi connectivity index (χ4n) is 2.58. The minimum Gasteiger partial charge on any atom is -0.484 e. The van der Waals surface area contributed by atoms with Gasteiger partial charge >= 0.3 is 0 Å². The topological polar surface area (TPSA) is 33.1 Å². The molecule has 0 bridgehead atoms. The molecule has 0 aromatic heterocycles. The second kappa shape index (κ2) is 4.05. The van der Waals surface area contributed by atoms with Crippen LogP contribution in [0, 0.1) is 5.41 Å². The molecule has 1 fully saturated rings. The molecule has 1 aliphatic carbocycles. The summed E-state index contributed by atoms with van der Waals surface area (Å²) < 4.78 is 5.18. The van der Waals surface area contributed by atoms with Crippen LogP contribution < -0.4 is 0 Å². The van der Waals surface area contributed by atoms with Gasteiger partial charge in [-0.2, -0.15) is 0 Å². The number of benzene rings is 1. The zero-order chi connectivity index (χ0) is 10.7. The molecule has 1 aliphatic rings. The Hall–Kier alpha value is -1.31. The van der Waals surface area contributed by atoms with E-state index in [1.165, 1.54) is 18.4 Å². The maximum absolute atomic E-state index is 8.00. The predicted molar refractivity (Wildman–Crippen MR) is 61.3 cm³/mol. The van der Waals surface area contributed by atoms with Crippen molar-refractivity contribution in [2.75, 3.05) is 7.11 Å². The molecule has 2 heteroatoms. The molecular formula is C13H17NO. The summed E-state index contributed by atoms with van der Waals surface area (Å²) in [5.41, 5.74) is 1.09. The minimum absolute atomic E-state index is 0.143. The van der Waals surface area contributed by atoms with Crippen molar-refractivity contribution in [1.82, 2.24) is 0 Å². The summed E-state index contributed by atoms with van der Waals surface area (Å²) in [4.78, 5) is 0. The van der Waals surface area contributed by atoms with Crippen LogP contribution in [0.2, 0.25) is 0 Å². The van der Waals surface area contributed by atoms with E-state index in [0.717, 1.165) is 12.8 Å². The van der Waals surface area contributed by atoms with Gasteiger partial charge in [0.1, 0.15) is 0 Å². The lowest BCUT2D eigenvalue weighted by Crippen LogP contribution is -2.33. The Morgan fingerprint density at radius 3 is 2.33 bits per heavy atom. The highest BCUT2D eigenvalue weighted by Gasteiger charge is 2.40. The van der Waals surface area contributed by atoms with Gasteiger partial charge in [0, 0.05) is 0 Å². The average molecular weight is 203 g/mol. The van der Waals surface area contributed by atoms with Gasteiger partial charge < -0.3 is 4.74 Å². The number of nitrogens with one attached hydrogen (secondary N) is 1. The maximum Gasteiger partial charge on any atom is 0.191 e. The molecule has 0 amide bonds. The summed E-state index contributed by atoms with van der Waals surface area (Å²) in [7, 11) is 1.60. The zero-order valence-corrected chi connectivity index (χ0v) is 9.12. The molecule has 0 aliphatic heterocycles. The third-order valence-electron chi connectivity index (χ3n) is 3.42. The molecule has 2 rings (SSSR count). The van der Waals surface area contributed by atoms with Crippen molar-refractivity contribution >= 4 is 5.90 Å². The van der Waals surface area contributed by atoms with Crippen molar-refractivity contribution < 1.29 is 4.74 Å². The quantitative estimate of drug-likeness (QED) is 0.581. The Labute approximate surface area is 90.8 Å². The SMILES string of the molecule is COC(=N)C1(c2ccccc2)CCCC1. The number of methoxy groups -OCH3 is 1. The van der Waals surface area contributed by atoms with Gasteiger partial charge in [0.25, 0.3) is 0 Å². The van der Waals surface area contributed by atoms with Gasteiger partial charge in [-0.3, -0.25) is 5.41 Å². The highest BCUT2D eigenvalue weighted by molar-refractivity contribution is 5.85. The van der Waals surface area contributed by atoms with Gasteiger partial charge in [0.2, 0.25) is 0 Å². The van der Waals surface area contributed by atoms with Crippen LogP contribution in [0.15, 0.2) is 30.3 Å². The van der Waals surface area contributed by atoms with Crippen molar-refractivity contribution in [2.24, 2.45) is 0 Å². The first-order valence-corrected chi connectivity index (χ1v) is 5.48. The summed E-state index contributed by atoms with van der Waals surface area (Å²) >= 11 is 0. The van der Waals surface area contributed by atoms with Crippen LogP contribution in [-0.4, -0.2) is 13.0 Å². The van der Waals surface area contributed by atoms with Crippen LogP contribution >= 0.6 is 0 Å². The first kappa shape index (κ1) is 10.2. The molecule has 0 spiro atoms. The minimum atomic E-state index is -0.143. The largest absolute Gasteiger partial charge is 0.484 e. The van der Waals surface area contributed by atoms with Gasteiger partial charge in [-0.1, -0.05) is 43.2 Å². The van der Waals surface area contributed by atoms with Gasteiger partial charge in [-0.15, -0.1) is 0 Å². The van der Waals surface area contributed by atoms with Crippen LogP contribution in [0.1, 0.15) is 31.2 Å². The van der Waals surface area contributed by atoms with E-state index in [-0.39, 0.29) is 5.41 Å². The van der Waals surface area contributed by atoms with Crippen LogP contribution in [0.5, 0.6) is 0 Å². The summed E-state index contributed by atoms with van der Waals surface area (Å²) in [5.74, 6) is 0.422. The van der Waals surface area contributed by atoms with E-state index in [4.69, 9.17) is 10.1 Å². The third kappa shape index (κ3) is 1.65. The van der Waals surface area contributed by atoms with Crippen molar-refractivity contribution in [3.63, 3.8) is 0 Å². The molecule has 0 atom stereocenters.